The molecule has 3 heterocycles. The van der Waals surface area contributed by atoms with Gasteiger partial charge in [0.1, 0.15) is 5.69 Å². The Balaban J connectivity index is 1.45. The Morgan fingerprint density at radius 2 is 1.97 bits per heavy atom. The highest BCUT2D eigenvalue weighted by Crippen LogP contribution is 2.42. The third-order valence-electron chi connectivity index (χ3n) is 6.80. The number of anilines is 1. The monoisotopic (exact) mass is 419 g/mol. The van der Waals surface area contributed by atoms with Gasteiger partial charge in [0.15, 0.2) is 5.65 Å². The largest absolute Gasteiger partial charge is 0.384 e. The van der Waals surface area contributed by atoms with Crippen LogP contribution in [-0.2, 0) is 4.74 Å². The first-order valence-electron chi connectivity index (χ1n) is 11.2. The number of aromatic nitrogens is 3. The standard InChI is InChI=1S/C24H29N5O2/c1-31-15-16-9-11-28(12-10-16)22-8-6-19(13-20(22)17-3-2-4-17)29-14-18-5-7-21(23(25)30)26-24(18)27-29/h5-8,13-14,16-17H,2-4,9-12,15H2,1H3,(H2,25,30). The smallest absolute Gasteiger partial charge is 0.267 e. The molecule has 0 unspecified atom stereocenters. The Morgan fingerprint density at radius 1 is 1.16 bits per heavy atom. The van der Waals surface area contributed by atoms with Crippen molar-refractivity contribution in [3.63, 3.8) is 0 Å². The number of hydrogen-bond donors (Lipinski definition) is 1. The molecule has 1 aliphatic heterocycles. The highest BCUT2D eigenvalue weighted by Gasteiger charge is 2.27. The van der Waals surface area contributed by atoms with E-state index in [4.69, 9.17) is 10.5 Å². The van der Waals surface area contributed by atoms with Gasteiger partial charge in [0.05, 0.1) is 5.69 Å². The summed E-state index contributed by atoms with van der Waals surface area (Å²) in [6.45, 7) is 3.03. The first-order chi connectivity index (χ1) is 15.1. The molecule has 7 heteroatoms. The molecule has 1 amide bonds. The lowest BCUT2D eigenvalue weighted by molar-refractivity contribution is 0.0996. The third-order valence-corrected chi connectivity index (χ3v) is 6.80. The van der Waals surface area contributed by atoms with E-state index in [1.807, 2.05) is 16.9 Å². The van der Waals surface area contributed by atoms with Crippen LogP contribution in [0.4, 0.5) is 5.69 Å². The van der Waals surface area contributed by atoms with Crippen molar-refractivity contribution in [2.45, 2.75) is 38.0 Å². The van der Waals surface area contributed by atoms with Crippen LogP contribution in [0, 0.1) is 5.92 Å². The zero-order chi connectivity index (χ0) is 21.4. The lowest BCUT2D eigenvalue weighted by atomic mass is 9.78. The third kappa shape index (κ3) is 3.90. The molecule has 2 aromatic heterocycles. The topological polar surface area (TPSA) is 86.3 Å². The SMILES string of the molecule is COCC1CCN(c2ccc(-n3cc4ccc(C(N)=O)nc4n3)cc2C2CCC2)CC1. The number of carbonyl (C=O) groups is 1. The van der Waals surface area contributed by atoms with Crippen molar-refractivity contribution in [3.8, 4) is 5.69 Å². The fourth-order valence-electron chi connectivity index (χ4n) is 4.77. The summed E-state index contributed by atoms with van der Waals surface area (Å²) in [6, 6.07) is 10.2. The van der Waals surface area contributed by atoms with Crippen molar-refractivity contribution >= 4 is 22.6 Å². The van der Waals surface area contributed by atoms with Crippen LogP contribution in [0.15, 0.2) is 36.5 Å². The summed E-state index contributed by atoms with van der Waals surface area (Å²) in [5.41, 5.74) is 9.96. The lowest BCUT2D eigenvalue weighted by Gasteiger charge is -2.37. The van der Waals surface area contributed by atoms with Gasteiger partial charge in [-0.25, -0.2) is 9.67 Å². The molecule has 0 bridgehead atoms. The lowest BCUT2D eigenvalue weighted by Crippen LogP contribution is -2.36. The number of hydrogen-bond acceptors (Lipinski definition) is 5. The summed E-state index contributed by atoms with van der Waals surface area (Å²) >= 11 is 0. The van der Waals surface area contributed by atoms with Gasteiger partial charge in [0.2, 0.25) is 0 Å². The minimum Gasteiger partial charge on any atom is -0.384 e. The second kappa shape index (κ2) is 8.30. The Kier molecular flexibility index (Phi) is 5.36. The zero-order valence-electron chi connectivity index (χ0n) is 18.0. The van der Waals surface area contributed by atoms with Crippen molar-refractivity contribution in [2.24, 2.45) is 11.7 Å². The molecule has 1 aliphatic carbocycles. The Labute approximate surface area is 182 Å². The number of amides is 1. The van der Waals surface area contributed by atoms with Crippen molar-refractivity contribution in [2.75, 3.05) is 31.7 Å². The van der Waals surface area contributed by atoms with Crippen molar-refractivity contribution in [3.05, 3.63) is 47.8 Å². The van der Waals surface area contributed by atoms with Gasteiger partial charge in [0.25, 0.3) is 5.91 Å². The molecule has 2 fully saturated rings. The van der Waals surface area contributed by atoms with E-state index in [-0.39, 0.29) is 5.69 Å². The van der Waals surface area contributed by atoms with E-state index in [0.717, 1.165) is 30.8 Å². The van der Waals surface area contributed by atoms with Crippen LogP contribution < -0.4 is 10.6 Å². The molecule has 1 saturated carbocycles. The second-order valence-corrected chi connectivity index (χ2v) is 8.80. The van der Waals surface area contributed by atoms with Crippen LogP contribution in [0.1, 0.15) is 54.1 Å². The molecule has 1 aromatic carbocycles. The second-order valence-electron chi connectivity index (χ2n) is 8.80. The number of nitrogens with zero attached hydrogens (tertiary/aromatic N) is 4. The van der Waals surface area contributed by atoms with Gasteiger partial charge in [-0.3, -0.25) is 4.79 Å². The van der Waals surface area contributed by atoms with Crippen LogP contribution >= 0.6 is 0 Å². The summed E-state index contributed by atoms with van der Waals surface area (Å²) in [4.78, 5) is 18.3. The van der Waals surface area contributed by atoms with Gasteiger partial charge in [-0.2, -0.15) is 0 Å². The highest BCUT2D eigenvalue weighted by molar-refractivity contribution is 5.93. The fraction of sp³-hybridized carbons (Fsp3) is 0.458. The fourth-order valence-corrected chi connectivity index (χ4v) is 4.77. The number of rotatable bonds is 6. The van der Waals surface area contributed by atoms with Crippen molar-refractivity contribution in [1.82, 2.24) is 14.8 Å². The number of methoxy groups -OCH3 is 1. The maximum absolute atomic E-state index is 11.4. The van der Waals surface area contributed by atoms with Gasteiger partial charge >= 0.3 is 0 Å². The van der Waals surface area contributed by atoms with E-state index in [2.05, 4.69) is 33.2 Å². The number of primary amides is 1. The summed E-state index contributed by atoms with van der Waals surface area (Å²) in [6.07, 6.45) is 8.12. The Bertz CT molecular complexity index is 1100. The minimum atomic E-state index is -0.539. The number of fused-ring (bicyclic) bond motifs is 1. The molecular weight excluding hydrogens is 390 g/mol. The number of nitrogens with two attached hydrogens (primary N) is 1. The normalized spacial score (nSPS) is 17.8. The van der Waals surface area contributed by atoms with Crippen LogP contribution in [0.25, 0.3) is 16.7 Å². The molecule has 0 radical (unpaired) electrons. The molecule has 7 nitrogen and oxygen atoms in total. The number of carbonyl (C=O) groups excluding carboxylic acids is 1. The van der Waals surface area contributed by atoms with Gasteiger partial charge < -0.3 is 15.4 Å². The van der Waals surface area contributed by atoms with E-state index >= 15 is 0 Å². The average molecular weight is 420 g/mol. The van der Waals surface area contributed by atoms with Gasteiger partial charge in [0, 0.05) is 44.1 Å². The summed E-state index contributed by atoms with van der Waals surface area (Å²) in [5.74, 6) is 0.750. The molecule has 5 rings (SSSR count). The number of piperidine rings is 1. The molecular formula is C24H29N5O2. The van der Waals surface area contributed by atoms with Gasteiger partial charge in [-0.05, 0) is 73.4 Å². The zero-order valence-corrected chi connectivity index (χ0v) is 18.0. The quantitative estimate of drug-likeness (QED) is 0.659. The number of pyridine rings is 1. The highest BCUT2D eigenvalue weighted by atomic mass is 16.5. The maximum atomic E-state index is 11.4. The van der Waals surface area contributed by atoms with E-state index in [0.29, 0.717) is 17.5 Å². The van der Waals surface area contributed by atoms with Crippen LogP contribution in [0.3, 0.4) is 0 Å². The van der Waals surface area contributed by atoms with Gasteiger partial charge in [-0.15, -0.1) is 5.10 Å². The van der Waals surface area contributed by atoms with E-state index in [1.54, 1.807) is 13.2 Å². The molecule has 0 spiro atoms. The molecule has 1 saturated heterocycles. The van der Waals surface area contributed by atoms with Gasteiger partial charge in [-0.1, -0.05) is 6.42 Å². The van der Waals surface area contributed by atoms with Crippen molar-refractivity contribution in [1.29, 1.82) is 0 Å². The summed E-state index contributed by atoms with van der Waals surface area (Å²) in [7, 11) is 1.79. The summed E-state index contributed by atoms with van der Waals surface area (Å²) < 4.78 is 7.22. The average Bonchev–Trinajstić information content (AvgIpc) is 3.17. The maximum Gasteiger partial charge on any atom is 0.267 e. The molecule has 162 valence electrons. The van der Waals surface area contributed by atoms with Crippen molar-refractivity contribution < 1.29 is 9.53 Å². The molecule has 2 N–H and O–H groups in total. The Hall–Kier alpha value is -2.93. The molecule has 31 heavy (non-hydrogen) atoms. The molecule has 3 aromatic rings. The number of ether oxygens (including phenoxy) is 1. The van der Waals surface area contributed by atoms with Crippen LogP contribution in [0.5, 0.6) is 0 Å². The first-order valence-corrected chi connectivity index (χ1v) is 11.2. The summed E-state index contributed by atoms with van der Waals surface area (Å²) in [5, 5.41) is 5.50. The van der Waals surface area contributed by atoms with Crippen LogP contribution in [-0.4, -0.2) is 47.5 Å². The van der Waals surface area contributed by atoms with E-state index in [1.165, 1.54) is 43.4 Å². The first kappa shape index (κ1) is 20.0. The molecule has 0 atom stereocenters. The Morgan fingerprint density at radius 3 is 2.65 bits per heavy atom. The van der Waals surface area contributed by atoms with Crippen LogP contribution in [0.2, 0.25) is 0 Å². The predicted octanol–water partition coefficient (Wildman–Crippen LogP) is 3.65. The predicted molar refractivity (Wildman–Crippen MR) is 121 cm³/mol. The van der Waals surface area contributed by atoms with E-state index in [9.17, 15) is 4.79 Å². The van der Waals surface area contributed by atoms with E-state index < -0.39 is 5.91 Å². The number of benzene rings is 1. The molecule has 2 aliphatic rings. The minimum absolute atomic E-state index is 0.236.